The van der Waals surface area contributed by atoms with E-state index >= 15 is 0 Å². The summed E-state index contributed by atoms with van der Waals surface area (Å²) in [6.07, 6.45) is -1.00. The number of benzene rings is 1. The van der Waals surface area contributed by atoms with Gasteiger partial charge in [-0.1, -0.05) is 43.6 Å². The molecule has 1 amide bonds. The fourth-order valence-corrected chi connectivity index (χ4v) is 4.55. The molecule has 10 heteroatoms. The molecule has 1 N–H and O–H groups in total. The SMILES string of the molecule is Cc1cccc(C(C)C)c1-n1c(=O)nc(N2CCN(C(=O)O)[C@@H](C)C2)c2cc(F)c(Cl)nc21. The molecule has 4 rings (SSSR count). The van der Waals surface area contributed by atoms with Gasteiger partial charge in [-0.05, 0) is 37.0 Å². The van der Waals surface area contributed by atoms with Gasteiger partial charge in [0.2, 0.25) is 0 Å². The normalized spacial score (nSPS) is 16.6. The van der Waals surface area contributed by atoms with Crippen LogP contribution in [0.4, 0.5) is 15.0 Å². The number of carbonyl (C=O) groups is 1. The van der Waals surface area contributed by atoms with Crippen molar-refractivity contribution in [3.8, 4) is 5.69 Å². The molecule has 2 aromatic heterocycles. The minimum absolute atomic E-state index is 0.113. The van der Waals surface area contributed by atoms with E-state index in [0.717, 1.165) is 11.1 Å². The van der Waals surface area contributed by atoms with Crippen molar-refractivity contribution in [2.24, 2.45) is 0 Å². The molecule has 1 aliphatic heterocycles. The van der Waals surface area contributed by atoms with E-state index in [9.17, 15) is 19.1 Å². The van der Waals surface area contributed by atoms with Crippen LogP contribution in [-0.2, 0) is 0 Å². The highest BCUT2D eigenvalue weighted by molar-refractivity contribution is 6.30. The molecule has 33 heavy (non-hydrogen) atoms. The second kappa shape index (κ2) is 8.62. The zero-order chi connectivity index (χ0) is 24.0. The van der Waals surface area contributed by atoms with E-state index in [1.807, 2.05) is 39.0 Å². The van der Waals surface area contributed by atoms with E-state index in [1.54, 1.807) is 11.8 Å². The van der Waals surface area contributed by atoms with Gasteiger partial charge in [0.25, 0.3) is 0 Å². The van der Waals surface area contributed by atoms with Gasteiger partial charge in [0, 0.05) is 25.7 Å². The minimum Gasteiger partial charge on any atom is -0.465 e. The standard InChI is InChI=1S/C23H25ClFN5O3/c1-12(2)15-7-5-6-13(3)18(15)30-21-16(10-17(25)19(24)26-21)20(27-22(30)31)28-8-9-29(23(32)33)14(4)11-28/h5-7,10,12,14H,8-9,11H2,1-4H3,(H,32,33)/t14-/m0/s1. The van der Waals surface area contributed by atoms with Crippen LogP contribution in [-0.4, -0.2) is 56.3 Å². The summed E-state index contributed by atoms with van der Waals surface area (Å²) in [6, 6.07) is 6.67. The lowest BCUT2D eigenvalue weighted by molar-refractivity contribution is 0.122. The number of piperazine rings is 1. The largest absolute Gasteiger partial charge is 0.465 e. The zero-order valence-corrected chi connectivity index (χ0v) is 19.6. The van der Waals surface area contributed by atoms with Gasteiger partial charge in [0.15, 0.2) is 16.6 Å². The lowest BCUT2D eigenvalue weighted by Crippen LogP contribution is -2.54. The van der Waals surface area contributed by atoms with E-state index in [2.05, 4.69) is 9.97 Å². The summed E-state index contributed by atoms with van der Waals surface area (Å²) in [5.41, 5.74) is 2.09. The number of halogens is 2. The van der Waals surface area contributed by atoms with Gasteiger partial charge < -0.3 is 14.9 Å². The van der Waals surface area contributed by atoms with Crippen molar-refractivity contribution < 1.29 is 14.3 Å². The van der Waals surface area contributed by atoms with Crippen LogP contribution in [0.1, 0.15) is 37.8 Å². The minimum atomic E-state index is -1.00. The highest BCUT2D eigenvalue weighted by Crippen LogP contribution is 2.32. The third-order valence-corrected chi connectivity index (χ3v) is 6.31. The van der Waals surface area contributed by atoms with Crippen molar-refractivity contribution in [2.45, 2.75) is 39.7 Å². The number of nitrogens with zero attached hydrogens (tertiary/aromatic N) is 5. The Labute approximate surface area is 195 Å². The number of aryl methyl sites for hydroxylation is 1. The second-order valence-corrected chi connectivity index (χ2v) is 8.98. The van der Waals surface area contributed by atoms with Gasteiger partial charge in [-0.25, -0.2) is 23.5 Å². The van der Waals surface area contributed by atoms with Crippen LogP contribution in [0.15, 0.2) is 29.1 Å². The molecule has 174 valence electrons. The number of amides is 1. The molecule has 0 aliphatic carbocycles. The lowest BCUT2D eigenvalue weighted by Gasteiger charge is -2.39. The molecule has 0 spiro atoms. The summed E-state index contributed by atoms with van der Waals surface area (Å²) >= 11 is 6.05. The monoisotopic (exact) mass is 473 g/mol. The van der Waals surface area contributed by atoms with Crippen LogP contribution in [0.5, 0.6) is 0 Å². The fraction of sp³-hybridized carbons (Fsp3) is 0.391. The third kappa shape index (κ3) is 4.01. The number of aromatic nitrogens is 3. The molecule has 1 aliphatic rings. The first-order valence-electron chi connectivity index (χ1n) is 10.7. The molecule has 8 nitrogen and oxygen atoms in total. The Morgan fingerprint density at radius 1 is 1.27 bits per heavy atom. The predicted octanol–water partition coefficient (Wildman–Crippen LogP) is 4.19. The Balaban J connectivity index is 1.98. The Bertz CT molecular complexity index is 1310. The summed E-state index contributed by atoms with van der Waals surface area (Å²) in [5.74, 6) is -0.336. The van der Waals surface area contributed by atoms with Crippen LogP contribution in [0, 0.1) is 12.7 Å². The van der Waals surface area contributed by atoms with Crippen molar-refractivity contribution in [3.05, 3.63) is 56.8 Å². The smallest absolute Gasteiger partial charge is 0.407 e. The van der Waals surface area contributed by atoms with Crippen LogP contribution >= 0.6 is 11.6 Å². The fourth-order valence-electron chi connectivity index (χ4n) is 4.41. The van der Waals surface area contributed by atoms with Gasteiger partial charge in [-0.15, -0.1) is 0 Å². The number of carboxylic acid groups (broad SMARTS) is 1. The van der Waals surface area contributed by atoms with Gasteiger partial charge in [0.1, 0.15) is 5.82 Å². The molecule has 1 aromatic carbocycles. The van der Waals surface area contributed by atoms with E-state index in [0.29, 0.717) is 24.2 Å². The highest BCUT2D eigenvalue weighted by atomic mass is 35.5. The number of hydrogen-bond donors (Lipinski definition) is 1. The Kier molecular flexibility index (Phi) is 6.00. The van der Waals surface area contributed by atoms with Gasteiger partial charge in [-0.3, -0.25) is 0 Å². The van der Waals surface area contributed by atoms with Crippen LogP contribution < -0.4 is 10.6 Å². The Hall–Kier alpha value is -3.20. The van der Waals surface area contributed by atoms with E-state index in [4.69, 9.17) is 11.6 Å². The van der Waals surface area contributed by atoms with Crippen LogP contribution in [0.25, 0.3) is 16.7 Å². The predicted molar refractivity (Wildman–Crippen MR) is 125 cm³/mol. The molecule has 0 unspecified atom stereocenters. The second-order valence-electron chi connectivity index (χ2n) is 8.62. The number of anilines is 1. The van der Waals surface area contributed by atoms with E-state index in [1.165, 1.54) is 15.5 Å². The summed E-state index contributed by atoms with van der Waals surface area (Å²) in [7, 11) is 0. The van der Waals surface area contributed by atoms with E-state index in [-0.39, 0.29) is 35.1 Å². The highest BCUT2D eigenvalue weighted by Gasteiger charge is 2.30. The molecule has 3 heterocycles. The molecule has 1 fully saturated rings. The topological polar surface area (TPSA) is 91.6 Å². The molecule has 0 bridgehead atoms. The number of hydrogen-bond acceptors (Lipinski definition) is 5. The Morgan fingerprint density at radius 2 is 2.00 bits per heavy atom. The number of para-hydroxylation sites is 1. The van der Waals surface area contributed by atoms with Crippen molar-refractivity contribution in [3.63, 3.8) is 0 Å². The lowest BCUT2D eigenvalue weighted by atomic mass is 9.98. The van der Waals surface area contributed by atoms with Gasteiger partial charge in [-0.2, -0.15) is 4.98 Å². The maximum Gasteiger partial charge on any atom is 0.407 e. The van der Waals surface area contributed by atoms with Crippen molar-refractivity contribution in [1.82, 2.24) is 19.4 Å². The van der Waals surface area contributed by atoms with Crippen LogP contribution in [0.3, 0.4) is 0 Å². The van der Waals surface area contributed by atoms with Gasteiger partial charge in [0.05, 0.1) is 11.1 Å². The first-order chi connectivity index (χ1) is 15.6. The first kappa shape index (κ1) is 23.0. The molecular formula is C23H25ClFN5O3. The summed E-state index contributed by atoms with van der Waals surface area (Å²) < 4.78 is 15.9. The number of pyridine rings is 1. The van der Waals surface area contributed by atoms with Gasteiger partial charge >= 0.3 is 11.8 Å². The quantitative estimate of drug-likeness (QED) is 0.573. The Morgan fingerprint density at radius 3 is 2.64 bits per heavy atom. The summed E-state index contributed by atoms with van der Waals surface area (Å²) in [6.45, 7) is 8.58. The maximum atomic E-state index is 14.5. The number of fused-ring (bicyclic) bond motifs is 1. The maximum absolute atomic E-state index is 14.5. The number of rotatable bonds is 3. The molecule has 1 atom stereocenters. The van der Waals surface area contributed by atoms with Crippen molar-refractivity contribution in [1.29, 1.82) is 0 Å². The molecule has 1 saturated heterocycles. The third-order valence-electron chi connectivity index (χ3n) is 6.05. The zero-order valence-electron chi connectivity index (χ0n) is 18.8. The summed E-state index contributed by atoms with van der Waals surface area (Å²) in [5, 5.41) is 9.37. The average molecular weight is 474 g/mol. The molecule has 3 aromatic rings. The molecule has 0 saturated carbocycles. The molecular weight excluding hydrogens is 449 g/mol. The van der Waals surface area contributed by atoms with Crippen molar-refractivity contribution in [2.75, 3.05) is 24.5 Å². The van der Waals surface area contributed by atoms with Crippen LogP contribution in [0.2, 0.25) is 5.15 Å². The first-order valence-corrected chi connectivity index (χ1v) is 11.1. The van der Waals surface area contributed by atoms with Crippen molar-refractivity contribution >= 4 is 34.5 Å². The summed E-state index contributed by atoms with van der Waals surface area (Å²) in [4.78, 5) is 36.6. The van der Waals surface area contributed by atoms with E-state index < -0.39 is 17.6 Å². The molecule has 0 radical (unpaired) electrons. The average Bonchev–Trinajstić information content (AvgIpc) is 2.74.